The number of nitrogens with one attached hydrogen (secondary N) is 2. The Balaban J connectivity index is 1.70. The van der Waals surface area contributed by atoms with Crippen molar-refractivity contribution in [1.29, 1.82) is 0 Å². The molecular weight excluding hydrogens is 384 g/mol. The second-order valence-electron chi connectivity index (χ2n) is 5.87. The average Bonchev–Trinajstić information content (AvgIpc) is 2.67. The average molecular weight is 403 g/mol. The van der Waals surface area contributed by atoms with Crippen molar-refractivity contribution in [2.45, 2.75) is 19.8 Å². The largest absolute Gasteiger partial charge is 0.456 e. The molecule has 0 fully saturated rings. The van der Waals surface area contributed by atoms with Gasteiger partial charge in [-0.25, -0.2) is 0 Å². The van der Waals surface area contributed by atoms with Crippen molar-refractivity contribution in [2.24, 2.45) is 0 Å². The normalized spacial score (nSPS) is 10.1. The van der Waals surface area contributed by atoms with E-state index in [9.17, 15) is 19.2 Å². The summed E-state index contributed by atoms with van der Waals surface area (Å²) in [6.45, 7) is 0.978. The molecule has 0 saturated heterocycles. The Hall–Kier alpha value is -3.19. The van der Waals surface area contributed by atoms with E-state index in [0.717, 1.165) is 0 Å². The van der Waals surface area contributed by atoms with E-state index in [-0.39, 0.29) is 24.5 Å². The molecule has 28 heavy (non-hydrogen) atoms. The number of carbonyl (C=O) groups excluding carboxylic acids is 4. The molecule has 0 heterocycles. The lowest BCUT2D eigenvalue weighted by atomic mass is 10.1. The summed E-state index contributed by atoms with van der Waals surface area (Å²) in [5.41, 5.74) is 1.47. The highest BCUT2D eigenvalue weighted by Crippen LogP contribution is 2.20. The summed E-state index contributed by atoms with van der Waals surface area (Å²) in [6, 6.07) is 13.1. The van der Waals surface area contributed by atoms with Gasteiger partial charge in [-0.1, -0.05) is 23.7 Å². The fraction of sp³-hybridized carbons (Fsp3) is 0.200. The molecule has 2 N–H and O–H groups in total. The van der Waals surface area contributed by atoms with Gasteiger partial charge in [0, 0.05) is 17.7 Å². The van der Waals surface area contributed by atoms with Crippen molar-refractivity contribution in [3.8, 4) is 0 Å². The van der Waals surface area contributed by atoms with Crippen molar-refractivity contribution < 1.29 is 23.9 Å². The number of esters is 1. The van der Waals surface area contributed by atoms with Crippen LogP contribution in [0.5, 0.6) is 0 Å². The van der Waals surface area contributed by atoms with E-state index in [1.54, 1.807) is 48.5 Å². The first-order chi connectivity index (χ1) is 13.3. The SMILES string of the molecule is CC(=O)c1ccc(NC(=O)CCC(=O)OCC(=O)Nc2ccccc2Cl)cc1. The van der Waals surface area contributed by atoms with Crippen LogP contribution in [0.25, 0.3) is 0 Å². The molecule has 0 aliphatic carbocycles. The molecule has 2 aromatic rings. The third kappa shape index (κ3) is 6.85. The number of anilines is 2. The van der Waals surface area contributed by atoms with Gasteiger partial charge in [0.25, 0.3) is 5.91 Å². The maximum absolute atomic E-state index is 11.9. The van der Waals surface area contributed by atoms with Crippen LogP contribution >= 0.6 is 11.6 Å². The van der Waals surface area contributed by atoms with Crippen LogP contribution in [-0.4, -0.2) is 30.2 Å². The Bertz CT molecular complexity index is 880. The van der Waals surface area contributed by atoms with E-state index in [1.165, 1.54) is 6.92 Å². The molecule has 7 nitrogen and oxygen atoms in total. The monoisotopic (exact) mass is 402 g/mol. The summed E-state index contributed by atoms with van der Waals surface area (Å²) in [4.78, 5) is 46.6. The summed E-state index contributed by atoms with van der Waals surface area (Å²) >= 11 is 5.92. The first-order valence-electron chi connectivity index (χ1n) is 8.46. The lowest BCUT2D eigenvalue weighted by Gasteiger charge is -2.08. The minimum atomic E-state index is -0.670. The maximum Gasteiger partial charge on any atom is 0.306 e. The zero-order valence-corrected chi connectivity index (χ0v) is 15.9. The lowest BCUT2D eigenvalue weighted by Crippen LogP contribution is -2.22. The molecule has 0 atom stereocenters. The first kappa shape index (κ1) is 21.1. The van der Waals surface area contributed by atoms with Gasteiger partial charge in [-0.3, -0.25) is 19.2 Å². The minimum absolute atomic E-state index is 0.0702. The highest BCUT2D eigenvalue weighted by atomic mass is 35.5. The van der Waals surface area contributed by atoms with Crippen LogP contribution in [0.15, 0.2) is 48.5 Å². The summed E-state index contributed by atoms with van der Waals surface area (Å²) in [6.07, 6.45) is -0.268. The number of amides is 2. The van der Waals surface area contributed by atoms with E-state index in [0.29, 0.717) is 22.0 Å². The summed E-state index contributed by atoms with van der Waals surface area (Å²) < 4.78 is 4.85. The van der Waals surface area contributed by atoms with E-state index in [4.69, 9.17) is 16.3 Å². The Morgan fingerprint density at radius 2 is 1.57 bits per heavy atom. The number of hydrogen-bond acceptors (Lipinski definition) is 5. The van der Waals surface area contributed by atoms with Crippen LogP contribution in [0.1, 0.15) is 30.1 Å². The number of halogens is 1. The number of benzene rings is 2. The van der Waals surface area contributed by atoms with Gasteiger partial charge in [0.1, 0.15) is 0 Å². The number of hydrogen-bond donors (Lipinski definition) is 2. The Labute approximate surface area is 167 Å². The van der Waals surface area contributed by atoms with Gasteiger partial charge in [0.15, 0.2) is 12.4 Å². The van der Waals surface area contributed by atoms with E-state index >= 15 is 0 Å². The summed E-state index contributed by atoms with van der Waals surface area (Å²) in [5, 5.41) is 5.51. The Morgan fingerprint density at radius 3 is 2.21 bits per heavy atom. The molecule has 0 bridgehead atoms. The molecule has 2 aromatic carbocycles. The molecule has 0 spiro atoms. The van der Waals surface area contributed by atoms with Gasteiger partial charge >= 0.3 is 5.97 Å². The zero-order valence-electron chi connectivity index (χ0n) is 15.2. The minimum Gasteiger partial charge on any atom is -0.456 e. The molecule has 0 aromatic heterocycles. The predicted octanol–water partition coefficient (Wildman–Crippen LogP) is 3.44. The predicted molar refractivity (Wildman–Crippen MR) is 105 cm³/mol. The van der Waals surface area contributed by atoms with Crippen molar-refractivity contribution in [1.82, 2.24) is 0 Å². The number of ether oxygens (including phenoxy) is 1. The van der Waals surface area contributed by atoms with Gasteiger partial charge in [-0.05, 0) is 43.3 Å². The van der Waals surface area contributed by atoms with Gasteiger partial charge in [0.2, 0.25) is 5.91 Å². The topological polar surface area (TPSA) is 102 Å². The molecule has 0 aliphatic heterocycles. The van der Waals surface area contributed by atoms with Crippen molar-refractivity contribution in [3.63, 3.8) is 0 Å². The molecule has 0 radical (unpaired) electrons. The fourth-order valence-electron chi connectivity index (χ4n) is 2.19. The summed E-state index contributed by atoms with van der Waals surface area (Å²) in [7, 11) is 0. The van der Waals surface area contributed by atoms with E-state index < -0.39 is 18.5 Å². The summed E-state index contributed by atoms with van der Waals surface area (Å²) in [5.74, 6) is -1.65. The first-order valence-corrected chi connectivity index (χ1v) is 8.84. The van der Waals surface area contributed by atoms with Crippen LogP contribution in [0, 0.1) is 0 Å². The number of ketones is 1. The standard InChI is InChI=1S/C20H19ClN2O5/c1-13(24)14-6-8-15(9-7-14)22-18(25)10-11-20(27)28-12-19(26)23-17-5-3-2-4-16(17)21/h2-9H,10-12H2,1H3,(H,22,25)(H,23,26). The van der Waals surface area contributed by atoms with E-state index in [2.05, 4.69) is 10.6 Å². The fourth-order valence-corrected chi connectivity index (χ4v) is 2.38. The third-order valence-corrected chi connectivity index (χ3v) is 3.97. The molecular formula is C20H19ClN2O5. The zero-order chi connectivity index (χ0) is 20.5. The smallest absolute Gasteiger partial charge is 0.306 e. The Morgan fingerprint density at radius 1 is 0.893 bits per heavy atom. The van der Waals surface area contributed by atoms with Crippen LogP contribution < -0.4 is 10.6 Å². The van der Waals surface area contributed by atoms with Crippen LogP contribution in [0.3, 0.4) is 0 Å². The number of Topliss-reactive ketones (excluding diaryl/α,β-unsaturated/α-hetero) is 1. The molecule has 8 heteroatoms. The van der Waals surface area contributed by atoms with Gasteiger partial charge in [-0.2, -0.15) is 0 Å². The Kier molecular flexibility index (Phi) is 7.71. The highest BCUT2D eigenvalue weighted by molar-refractivity contribution is 6.33. The second-order valence-corrected chi connectivity index (χ2v) is 6.28. The quantitative estimate of drug-likeness (QED) is 0.520. The van der Waals surface area contributed by atoms with Crippen LogP contribution in [0.4, 0.5) is 11.4 Å². The lowest BCUT2D eigenvalue weighted by molar-refractivity contribution is -0.147. The second kappa shape index (κ2) is 10.2. The van der Waals surface area contributed by atoms with Crippen LogP contribution in [-0.2, 0) is 19.1 Å². The third-order valence-electron chi connectivity index (χ3n) is 3.64. The highest BCUT2D eigenvalue weighted by Gasteiger charge is 2.12. The van der Waals surface area contributed by atoms with Crippen molar-refractivity contribution >= 4 is 46.5 Å². The molecule has 0 aliphatic rings. The maximum atomic E-state index is 11.9. The molecule has 0 saturated carbocycles. The number of para-hydroxylation sites is 1. The van der Waals surface area contributed by atoms with Gasteiger partial charge < -0.3 is 15.4 Å². The van der Waals surface area contributed by atoms with Crippen molar-refractivity contribution in [3.05, 3.63) is 59.1 Å². The van der Waals surface area contributed by atoms with E-state index in [1.807, 2.05) is 0 Å². The number of rotatable bonds is 8. The molecule has 2 rings (SSSR count). The van der Waals surface area contributed by atoms with Gasteiger partial charge in [-0.15, -0.1) is 0 Å². The number of carbonyl (C=O) groups is 4. The van der Waals surface area contributed by atoms with Crippen molar-refractivity contribution in [2.75, 3.05) is 17.2 Å². The van der Waals surface area contributed by atoms with Gasteiger partial charge in [0.05, 0.1) is 17.1 Å². The van der Waals surface area contributed by atoms with Crippen LogP contribution in [0.2, 0.25) is 5.02 Å². The molecule has 0 unspecified atom stereocenters. The molecule has 146 valence electrons. The molecule has 2 amide bonds.